The Bertz CT molecular complexity index is 609. The number of aromatic nitrogens is 2. The molecule has 1 unspecified atom stereocenters. The van der Waals surface area contributed by atoms with E-state index in [4.69, 9.17) is 15.0 Å². The molecule has 2 aromatic rings. The lowest BCUT2D eigenvalue weighted by molar-refractivity contribution is 0.284. The van der Waals surface area contributed by atoms with Gasteiger partial charge in [-0.1, -0.05) is 18.1 Å². The van der Waals surface area contributed by atoms with Gasteiger partial charge in [-0.25, -0.2) is 0 Å². The van der Waals surface area contributed by atoms with Crippen molar-refractivity contribution in [3.63, 3.8) is 0 Å². The van der Waals surface area contributed by atoms with Crippen molar-refractivity contribution >= 4 is 0 Å². The second-order valence-electron chi connectivity index (χ2n) is 5.50. The number of hydrogen-bond acceptors (Lipinski definition) is 5. The third kappa shape index (κ3) is 3.24. The highest BCUT2D eigenvalue weighted by molar-refractivity contribution is 5.39. The third-order valence-electron chi connectivity index (χ3n) is 3.82. The Labute approximate surface area is 124 Å². The van der Waals surface area contributed by atoms with Crippen LogP contribution in [0.2, 0.25) is 0 Å². The van der Waals surface area contributed by atoms with E-state index < -0.39 is 0 Å². The van der Waals surface area contributed by atoms with Gasteiger partial charge in [0.25, 0.3) is 0 Å². The number of aryl methyl sites for hydroxylation is 2. The molecule has 0 spiro atoms. The third-order valence-corrected chi connectivity index (χ3v) is 3.82. The molecule has 0 saturated carbocycles. The first kappa shape index (κ1) is 14.1. The highest BCUT2D eigenvalue weighted by atomic mass is 16.5. The molecule has 0 saturated heterocycles. The Kier molecular flexibility index (Phi) is 4.20. The molecule has 5 nitrogen and oxygen atoms in total. The van der Waals surface area contributed by atoms with Gasteiger partial charge in [0.15, 0.2) is 6.61 Å². The maximum Gasteiger partial charge on any atom is 0.226 e. The molecule has 0 radical (unpaired) electrons. The molecule has 0 amide bonds. The van der Waals surface area contributed by atoms with Crippen LogP contribution >= 0.6 is 0 Å². The van der Waals surface area contributed by atoms with Crippen LogP contribution in [0.25, 0.3) is 0 Å². The van der Waals surface area contributed by atoms with Crippen LogP contribution in [0, 0.1) is 0 Å². The lowest BCUT2D eigenvalue weighted by atomic mass is 9.88. The molecule has 0 fully saturated rings. The molecule has 1 aromatic heterocycles. The molecule has 1 aliphatic rings. The van der Waals surface area contributed by atoms with Gasteiger partial charge in [0.1, 0.15) is 5.75 Å². The molecule has 1 atom stereocenters. The van der Waals surface area contributed by atoms with E-state index in [1.165, 1.54) is 11.1 Å². The molecule has 1 aliphatic carbocycles. The number of nitrogens with two attached hydrogens (primary N) is 1. The smallest absolute Gasteiger partial charge is 0.226 e. The Morgan fingerprint density at radius 3 is 3.19 bits per heavy atom. The highest BCUT2D eigenvalue weighted by Gasteiger charge is 2.17. The first-order valence-corrected chi connectivity index (χ1v) is 7.59. The van der Waals surface area contributed by atoms with Crippen molar-refractivity contribution in [3.05, 3.63) is 41.0 Å². The van der Waals surface area contributed by atoms with Gasteiger partial charge in [-0.3, -0.25) is 0 Å². The number of ether oxygens (including phenoxy) is 1. The minimum absolute atomic E-state index is 0.124. The normalized spacial score (nSPS) is 17.5. The highest BCUT2D eigenvalue weighted by Crippen LogP contribution is 2.31. The van der Waals surface area contributed by atoms with Crippen molar-refractivity contribution in [3.8, 4) is 5.75 Å². The lowest BCUT2D eigenvalue weighted by Gasteiger charge is -2.22. The van der Waals surface area contributed by atoms with Crippen molar-refractivity contribution in [1.82, 2.24) is 10.1 Å². The van der Waals surface area contributed by atoms with Gasteiger partial charge in [-0.05, 0) is 48.9 Å². The van der Waals surface area contributed by atoms with Crippen LogP contribution in [-0.4, -0.2) is 10.1 Å². The maximum absolute atomic E-state index is 6.16. The Morgan fingerprint density at radius 2 is 2.33 bits per heavy atom. The summed E-state index contributed by atoms with van der Waals surface area (Å²) in [7, 11) is 0. The summed E-state index contributed by atoms with van der Waals surface area (Å²) in [5.74, 6) is 2.07. The van der Waals surface area contributed by atoms with Crippen LogP contribution in [0.3, 0.4) is 0 Å². The predicted molar refractivity (Wildman–Crippen MR) is 78.9 cm³/mol. The van der Waals surface area contributed by atoms with E-state index in [1.807, 2.05) is 12.1 Å². The fraction of sp³-hybridized carbons (Fsp3) is 0.500. The van der Waals surface area contributed by atoms with Gasteiger partial charge in [-0.15, -0.1) is 0 Å². The van der Waals surface area contributed by atoms with E-state index in [1.54, 1.807) is 0 Å². The number of fused-ring (bicyclic) bond motifs is 1. The van der Waals surface area contributed by atoms with Crippen molar-refractivity contribution in [2.75, 3.05) is 0 Å². The van der Waals surface area contributed by atoms with Crippen LogP contribution in [0.1, 0.15) is 55.1 Å². The molecular weight excluding hydrogens is 266 g/mol. The van der Waals surface area contributed by atoms with Crippen LogP contribution in [0.15, 0.2) is 22.7 Å². The first-order valence-electron chi connectivity index (χ1n) is 7.59. The molecule has 3 rings (SSSR count). The van der Waals surface area contributed by atoms with Gasteiger partial charge in [0.05, 0.1) is 0 Å². The molecular formula is C16H21N3O2. The largest absolute Gasteiger partial charge is 0.485 e. The lowest BCUT2D eigenvalue weighted by Crippen LogP contribution is -2.17. The van der Waals surface area contributed by atoms with E-state index >= 15 is 0 Å². The zero-order valence-corrected chi connectivity index (χ0v) is 12.3. The van der Waals surface area contributed by atoms with E-state index in [-0.39, 0.29) is 6.04 Å². The predicted octanol–water partition coefficient (Wildman–Crippen LogP) is 2.94. The molecule has 0 bridgehead atoms. The Balaban J connectivity index is 1.66. The number of benzene rings is 1. The molecule has 1 aromatic carbocycles. The molecule has 21 heavy (non-hydrogen) atoms. The minimum Gasteiger partial charge on any atom is -0.485 e. The summed E-state index contributed by atoms with van der Waals surface area (Å²) < 4.78 is 10.9. The second kappa shape index (κ2) is 6.26. The van der Waals surface area contributed by atoms with Gasteiger partial charge in [-0.2, -0.15) is 4.98 Å². The summed E-state index contributed by atoms with van der Waals surface area (Å²) in [6.07, 6.45) is 5.11. The zero-order chi connectivity index (χ0) is 14.7. The second-order valence-corrected chi connectivity index (χ2v) is 5.50. The standard InChI is InChI=1S/C16H21N3O2/c1-2-4-16-18-15(19-21-16)10-20-12-8-7-11-5-3-6-14(17)13(11)9-12/h7-9,14H,2-6,10,17H2,1H3. The molecule has 5 heteroatoms. The number of nitrogens with zero attached hydrogens (tertiary/aromatic N) is 2. The molecule has 2 N–H and O–H groups in total. The van der Waals surface area contributed by atoms with Crippen molar-refractivity contribution in [2.45, 2.75) is 51.7 Å². The van der Waals surface area contributed by atoms with Gasteiger partial charge < -0.3 is 15.0 Å². The van der Waals surface area contributed by atoms with Crippen molar-refractivity contribution in [2.24, 2.45) is 5.73 Å². The average Bonchev–Trinajstić information content (AvgIpc) is 2.94. The van der Waals surface area contributed by atoms with Gasteiger partial charge in [0, 0.05) is 12.5 Å². The van der Waals surface area contributed by atoms with Crippen molar-refractivity contribution < 1.29 is 9.26 Å². The average molecular weight is 287 g/mol. The molecule has 112 valence electrons. The fourth-order valence-corrected chi connectivity index (χ4v) is 2.72. The van der Waals surface area contributed by atoms with Crippen LogP contribution in [0.4, 0.5) is 0 Å². The fourth-order valence-electron chi connectivity index (χ4n) is 2.72. The number of rotatable bonds is 5. The summed E-state index contributed by atoms with van der Waals surface area (Å²) in [4.78, 5) is 4.29. The molecule has 0 aliphatic heterocycles. The maximum atomic E-state index is 6.16. The summed E-state index contributed by atoms with van der Waals surface area (Å²) >= 11 is 0. The minimum atomic E-state index is 0.124. The van der Waals surface area contributed by atoms with Gasteiger partial charge >= 0.3 is 0 Å². The topological polar surface area (TPSA) is 74.2 Å². The SMILES string of the molecule is CCCc1nc(COc2ccc3c(c2)C(N)CCC3)no1. The van der Waals surface area contributed by atoms with Crippen LogP contribution in [-0.2, 0) is 19.4 Å². The van der Waals surface area contributed by atoms with E-state index in [0.717, 1.165) is 37.9 Å². The van der Waals surface area contributed by atoms with E-state index in [0.29, 0.717) is 18.3 Å². The van der Waals surface area contributed by atoms with E-state index in [9.17, 15) is 0 Å². The first-order chi connectivity index (χ1) is 10.3. The van der Waals surface area contributed by atoms with Crippen LogP contribution < -0.4 is 10.5 Å². The summed E-state index contributed by atoms with van der Waals surface area (Å²) in [6.45, 7) is 2.40. The van der Waals surface area contributed by atoms with Gasteiger partial charge in [0.2, 0.25) is 11.7 Å². The quantitative estimate of drug-likeness (QED) is 0.915. The Hall–Kier alpha value is -1.88. The zero-order valence-electron chi connectivity index (χ0n) is 12.3. The Morgan fingerprint density at radius 1 is 1.43 bits per heavy atom. The van der Waals surface area contributed by atoms with Crippen molar-refractivity contribution in [1.29, 1.82) is 0 Å². The molecule has 1 heterocycles. The van der Waals surface area contributed by atoms with E-state index in [2.05, 4.69) is 23.1 Å². The summed E-state index contributed by atoms with van der Waals surface area (Å²) in [6, 6.07) is 6.28. The summed E-state index contributed by atoms with van der Waals surface area (Å²) in [5.41, 5.74) is 8.71. The van der Waals surface area contributed by atoms with Crippen LogP contribution in [0.5, 0.6) is 5.75 Å². The summed E-state index contributed by atoms with van der Waals surface area (Å²) in [5, 5.41) is 3.92. The monoisotopic (exact) mass is 287 g/mol. The number of hydrogen-bond donors (Lipinski definition) is 1.